The van der Waals surface area contributed by atoms with Crippen molar-refractivity contribution in [3.05, 3.63) is 29.6 Å². The van der Waals surface area contributed by atoms with Crippen LogP contribution in [0.4, 0.5) is 6.01 Å². The van der Waals surface area contributed by atoms with Crippen molar-refractivity contribution in [1.82, 2.24) is 10.1 Å². The van der Waals surface area contributed by atoms with Crippen LogP contribution in [-0.4, -0.2) is 30.9 Å². The number of ether oxygens (including phenoxy) is 2. The summed E-state index contributed by atoms with van der Waals surface area (Å²) in [6.07, 6.45) is 2.11. The molecule has 23 heavy (non-hydrogen) atoms. The normalized spacial score (nSPS) is 17.8. The summed E-state index contributed by atoms with van der Waals surface area (Å²) in [4.78, 5) is 6.71. The van der Waals surface area contributed by atoms with E-state index in [-0.39, 0.29) is 12.0 Å². The molecule has 1 saturated heterocycles. The number of anilines is 1. The zero-order chi connectivity index (χ0) is 16.4. The summed E-state index contributed by atoms with van der Waals surface area (Å²) in [6.45, 7) is 5.02. The third-order valence-electron chi connectivity index (χ3n) is 4.25. The van der Waals surface area contributed by atoms with E-state index in [1.54, 1.807) is 14.2 Å². The van der Waals surface area contributed by atoms with Gasteiger partial charge in [-0.1, -0.05) is 19.0 Å². The molecule has 0 aliphatic carbocycles. The molecule has 1 aliphatic rings. The van der Waals surface area contributed by atoms with Gasteiger partial charge in [0.2, 0.25) is 0 Å². The Balaban J connectivity index is 1.92. The fourth-order valence-electron chi connectivity index (χ4n) is 2.99. The molecule has 1 aliphatic heterocycles. The van der Waals surface area contributed by atoms with Crippen LogP contribution in [0.15, 0.2) is 22.7 Å². The zero-order valence-corrected chi connectivity index (χ0v) is 14.1. The number of rotatable bonds is 5. The minimum absolute atomic E-state index is 0.177. The van der Waals surface area contributed by atoms with E-state index in [0.717, 1.165) is 42.3 Å². The molecule has 0 bridgehead atoms. The van der Waals surface area contributed by atoms with Crippen LogP contribution in [0.2, 0.25) is 0 Å². The Morgan fingerprint density at radius 2 is 2.09 bits per heavy atom. The first kappa shape index (κ1) is 15.6. The van der Waals surface area contributed by atoms with Gasteiger partial charge in [-0.05, 0) is 25.0 Å². The minimum Gasteiger partial charge on any atom is -0.497 e. The molecule has 1 fully saturated rings. The molecule has 0 radical (unpaired) electrons. The molecule has 6 nitrogen and oxygen atoms in total. The highest BCUT2D eigenvalue weighted by atomic mass is 16.5. The van der Waals surface area contributed by atoms with Gasteiger partial charge in [0.1, 0.15) is 11.5 Å². The quantitative estimate of drug-likeness (QED) is 0.840. The average Bonchev–Trinajstić information content (AvgIpc) is 3.22. The van der Waals surface area contributed by atoms with Crippen LogP contribution in [0.1, 0.15) is 50.0 Å². The molecule has 0 amide bonds. The third-order valence-corrected chi connectivity index (χ3v) is 4.25. The van der Waals surface area contributed by atoms with E-state index < -0.39 is 0 Å². The van der Waals surface area contributed by atoms with Crippen LogP contribution in [-0.2, 0) is 0 Å². The van der Waals surface area contributed by atoms with Crippen LogP contribution in [0, 0.1) is 0 Å². The van der Waals surface area contributed by atoms with Gasteiger partial charge < -0.3 is 18.9 Å². The van der Waals surface area contributed by atoms with E-state index in [2.05, 4.69) is 35.0 Å². The Kier molecular flexibility index (Phi) is 4.41. The van der Waals surface area contributed by atoms with E-state index in [4.69, 9.17) is 14.0 Å². The van der Waals surface area contributed by atoms with Crippen molar-refractivity contribution < 1.29 is 14.0 Å². The molecule has 6 heteroatoms. The lowest BCUT2D eigenvalue weighted by molar-refractivity contribution is 0.383. The van der Waals surface area contributed by atoms with E-state index in [1.807, 2.05) is 12.1 Å². The average molecular weight is 317 g/mol. The van der Waals surface area contributed by atoms with Gasteiger partial charge in [0, 0.05) is 24.1 Å². The topological polar surface area (TPSA) is 60.6 Å². The molecule has 1 atom stereocenters. The SMILES string of the molecule is COc1ccc(C2CCCN2c2nc(C(C)C)no2)c(OC)c1. The Morgan fingerprint density at radius 1 is 1.26 bits per heavy atom. The predicted molar refractivity (Wildman–Crippen MR) is 87.3 cm³/mol. The van der Waals surface area contributed by atoms with Crippen molar-refractivity contribution in [2.75, 3.05) is 25.7 Å². The molecule has 0 N–H and O–H groups in total. The molecule has 2 heterocycles. The second-order valence-corrected chi connectivity index (χ2v) is 6.05. The predicted octanol–water partition coefficient (Wildman–Crippen LogP) is 3.55. The number of nitrogens with zero attached hydrogens (tertiary/aromatic N) is 3. The first-order chi connectivity index (χ1) is 11.1. The summed E-state index contributed by atoms with van der Waals surface area (Å²) < 4.78 is 16.3. The van der Waals surface area contributed by atoms with Crippen LogP contribution in [0.3, 0.4) is 0 Å². The molecule has 124 valence electrons. The van der Waals surface area contributed by atoms with Gasteiger partial charge in [-0.3, -0.25) is 0 Å². The van der Waals surface area contributed by atoms with Gasteiger partial charge in [0.05, 0.1) is 20.3 Å². The van der Waals surface area contributed by atoms with Crippen LogP contribution in [0.25, 0.3) is 0 Å². The Hall–Kier alpha value is -2.24. The smallest absolute Gasteiger partial charge is 0.324 e. The monoisotopic (exact) mass is 317 g/mol. The van der Waals surface area contributed by atoms with Gasteiger partial charge in [-0.15, -0.1) is 0 Å². The third kappa shape index (κ3) is 2.98. The van der Waals surface area contributed by atoms with Crippen molar-refractivity contribution in [1.29, 1.82) is 0 Å². The molecule has 0 saturated carbocycles. The van der Waals surface area contributed by atoms with E-state index in [1.165, 1.54) is 0 Å². The van der Waals surface area contributed by atoms with Crippen LogP contribution >= 0.6 is 0 Å². The van der Waals surface area contributed by atoms with Crippen molar-refractivity contribution in [2.45, 2.75) is 38.6 Å². The first-order valence-electron chi connectivity index (χ1n) is 7.96. The maximum atomic E-state index is 5.55. The molecule has 0 spiro atoms. The molecule has 1 aromatic heterocycles. The number of hydrogen-bond acceptors (Lipinski definition) is 6. The summed E-state index contributed by atoms with van der Waals surface area (Å²) in [5, 5.41) is 4.08. The summed E-state index contributed by atoms with van der Waals surface area (Å²) in [5.74, 6) is 2.61. The Morgan fingerprint density at radius 3 is 2.74 bits per heavy atom. The summed E-state index contributed by atoms with van der Waals surface area (Å²) >= 11 is 0. The van der Waals surface area contributed by atoms with Gasteiger partial charge in [-0.2, -0.15) is 4.98 Å². The highest BCUT2D eigenvalue weighted by Crippen LogP contribution is 2.40. The number of methoxy groups -OCH3 is 2. The van der Waals surface area contributed by atoms with E-state index in [0.29, 0.717) is 6.01 Å². The van der Waals surface area contributed by atoms with Gasteiger partial charge in [-0.25, -0.2) is 0 Å². The van der Waals surface area contributed by atoms with Crippen molar-refractivity contribution >= 4 is 6.01 Å². The second kappa shape index (κ2) is 6.48. The lowest BCUT2D eigenvalue weighted by Gasteiger charge is -2.24. The summed E-state index contributed by atoms with van der Waals surface area (Å²) in [6, 6.07) is 6.70. The highest BCUT2D eigenvalue weighted by Gasteiger charge is 2.32. The number of hydrogen-bond donors (Lipinski definition) is 0. The largest absolute Gasteiger partial charge is 0.497 e. The second-order valence-electron chi connectivity index (χ2n) is 6.05. The maximum absolute atomic E-state index is 5.55. The van der Waals surface area contributed by atoms with E-state index in [9.17, 15) is 0 Å². The Bertz CT molecular complexity index is 669. The fourth-order valence-corrected chi connectivity index (χ4v) is 2.99. The van der Waals surface area contributed by atoms with Gasteiger partial charge in [0.15, 0.2) is 5.82 Å². The van der Waals surface area contributed by atoms with Crippen molar-refractivity contribution in [2.24, 2.45) is 0 Å². The lowest BCUT2D eigenvalue weighted by Crippen LogP contribution is -2.23. The van der Waals surface area contributed by atoms with Crippen LogP contribution < -0.4 is 14.4 Å². The molecular weight excluding hydrogens is 294 g/mol. The highest BCUT2D eigenvalue weighted by molar-refractivity contribution is 5.47. The molecule has 1 aromatic carbocycles. The van der Waals surface area contributed by atoms with Crippen LogP contribution in [0.5, 0.6) is 11.5 Å². The fraction of sp³-hybridized carbons (Fsp3) is 0.529. The number of benzene rings is 1. The molecular formula is C17H23N3O3. The van der Waals surface area contributed by atoms with Crippen molar-refractivity contribution in [3.8, 4) is 11.5 Å². The minimum atomic E-state index is 0.177. The number of aromatic nitrogens is 2. The summed E-state index contributed by atoms with van der Waals surface area (Å²) in [7, 11) is 3.34. The molecule has 2 aromatic rings. The summed E-state index contributed by atoms with van der Waals surface area (Å²) in [5.41, 5.74) is 1.12. The first-order valence-corrected chi connectivity index (χ1v) is 7.96. The van der Waals surface area contributed by atoms with Gasteiger partial charge >= 0.3 is 6.01 Å². The maximum Gasteiger partial charge on any atom is 0.324 e. The molecule has 3 rings (SSSR count). The standard InChI is InChI=1S/C17H23N3O3/c1-11(2)16-18-17(23-19-16)20-9-5-6-14(20)13-8-7-12(21-3)10-15(13)22-4/h7-8,10-11,14H,5-6,9H2,1-4H3. The Labute approximate surface area is 136 Å². The van der Waals surface area contributed by atoms with E-state index >= 15 is 0 Å². The van der Waals surface area contributed by atoms with Crippen molar-refractivity contribution in [3.63, 3.8) is 0 Å². The van der Waals surface area contributed by atoms with Gasteiger partial charge in [0.25, 0.3) is 0 Å². The lowest BCUT2D eigenvalue weighted by atomic mass is 10.0. The molecule has 1 unspecified atom stereocenters. The zero-order valence-electron chi connectivity index (χ0n) is 14.1.